The van der Waals surface area contributed by atoms with Crippen molar-refractivity contribution in [3.8, 4) is 0 Å². The van der Waals surface area contributed by atoms with Gasteiger partial charge in [-0.05, 0) is 37.3 Å². The van der Waals surface area contributed by atoms with Crippen LogP contribution in [0.3, 0.4) is 0 Å². The molecule has 1 heterocycles. The average Bonchev–Trinajstić information content (AvgIpc) is 2.88. The highest BCUT2D eigenvalue weighted by molar-refractivity contribution is 5.99. The van der Waals surface area contributed by atoms with Gasteiger partial charge in [0.05, 0.1) is 6.04 Å². The average molecular weight is 312 g/mol. The van der Waals surface area contributed by atoms with Crippen LogP contribution >= 0.6 is 0 Å². The summed E-state index contributed by atoms with van der Waals surface area (Å²) in [6.07, 6.45) is 0.216. The number of carbonyl (C=O) groups excluding carboxylic acids is 2. The van der Waals surface area contributed by atoms with Gasteiger partial charge in [-0.3, -0.25) is 9.59 Å². The van der Waals surface area contributed by atoms with E-state index in [2.05, 4.69) is 5.32 Å². The molecule has 0 unspecified atom stereocenters. The Morgan fingerprint density at radius 1 is 1.22 bits per heavy atom. The molecule has 2 aromatic rings. The van der Waals surface area contributed by atoms with E-state index in [0.717, 1.165) is 5.56 Å². The van der Waals surface area contributed by atoms with Crippen molar-refractivity contribution in [2.75, 3.05) is 11.4 Å². The summed E-state index contributed by atoms with van der Waals surface area (Å²) in [5.74, 6) is -0.708. The first kappa shape index (κ1) is 15.2. The van der Waals surface area contributed by atoms with Gasteiger partial charge in [-0.25, -0.2) is 4.39 Å². The van der Waals surface area contributed by atoms with Crippen LogP contribution in [-0.2, 0) is 4.79 Å². The quantitative estimate of drug-likeness (QED) is 0.947. The Hall–Kier alpha value is -2.69. The van der Waals surface area contributed by atoms with E-state index < -0.39 is 0 Å². The molecule has 1 saturated heterocycles. The Morgan fingerprint density at radius 3 is 2.74 bits per heavy atom. The Bertz CT molecular complexity index is 760. The van der Waals surface area contributed by atoms with Gasteiger partial charge in [0.1, 0.15) is 5.82 Å². The van der Waals surface area contributed by atoms with E-state index in [9.17, 15) is 14.0 Å². The van der Waals surface area contributed by atoms with Gasteiger partial charge in [-0.2, -0.15) is 0 Å². The predicted molar refractivity (Wildman–Crippen MR) is 85.8 cm³/mol. The highest BCUT2D eigenvalue weighted by Crippen LogP contribution is 2.22. The number of halogens is 1. The lowest BCUT2D eigenvalue weighted by molar-refractivity contribution is -0.117. The molecule has 3 rings (SSSR count). The summed E-state index contributed by atoms with van der Waals surface area (Å²) in [6, 6.07) is 12.9. The molecule has 0 bridgehead atoms. The third kappa shape index (κ3) is 3.39. The van der Waals surface area contributed by atoms with E-state index >= 15 is 0 Å². The third-order valence-corrected chi connectivity index (χ3v) is 3.86. The van der Waals surface area contributed by atoms with Gasteiger partial charge in [0.2, 0.25) is 5.91 Å². The first-order valence-corrected chi connectivity index (χ1v) is 7.46. The van der Waals surface area contributed by atoms with E-state index in [-0.39, 0.29) is 30.1 Å². The van der Waals surface area contributed by atoms with Gasteiger partial charge < -0.3 is 10.2 Å². The minimum absolute atomic E-state index is 0.120. The molecule has 1 N–H and O–H groups in total. The second-order valence-electron chi connectivity index (χ2n) is 5.73. The van der Waals surface area contributed by atoms with Crippen molar-refractivity contribution < 1.29 is 14.0 Å². The summed E-state index contributed by atoms with van der Waals surface area (Å²) in [5, 5.41) is 2.87. The molecule has 2 amide bonds. The van der Waals surface area contributed by atoms with Crippen molar-refractivity contribution in [2.24, 2.45) is 0 Å². The van der Waals surface area contributed by atoms with Crippen molar-refractivity contribution in [2.45, 2.75) is 19.4 Å². The van der Waals surface area contributed by atoms with Crippen molar-refractivity contribution in [1.29, 1.82) is 0 Å². The first-order chi connectivity index (χ1) is 11.0. The van der Waals surface area contributed by atoms with Gasteiger partial charge in [0.15, 0.2) is 0 Å². The number of nitrogens with one attached hydrogen (secondary N) is 1. The van der Waals surface area contributed by atoms with Crippen LogP contribution in [0, 0.1) is 12.7 Å². The number of hydrogen-bond acceptors (Lipinski definition) is 2. The molecule has 0 spiro atoms. The molecule has 0 aromatic heterocycles. The maximum Gasteiger partial charge on any atom is 0.251 e. The highest BCUT2D eigenvalue weighted by Gasteiger charge is 2.31. The monoisotopic (exact) mass is 312 g/mol. The Labute approximate surface area is 133 Å². The molecule has 2 aromatic carbocycles. The fourth-order valence-corrected chi connectivity index (χ4v) is 2.75. The number of aryl methyl sites for hydroxylation is 1. The standard InChI is InChI=1S/C18H17FN2O2/c1-12-4-2-5-13(8-12)18(23)20-15-10-17(22)21(11-15)16-7-3-6-14(19)9-16/h2-9,15H,10-11H2,1H3,(H,20,23)/t15-/m1/s1. The van der Waals surface area contributed by atoms with Crippen LogP contribution in [0.4, 0.5) is 10.1 Å². The summed E-state index contributed by atoms with van der Waals surface area (Å²) in [5.41, 5.74) is 2.09. The van der Waals surface area contributed by atoms with Gasteiger partial charge in [-0.15, -0.1) is 0 Å². The molecule has 1 fully saturated rings. The normalized spacial score (nSPS) is 17.4. The molecule has 23 heavy (non-hydrogen) atoms. The number of amides is 2. The molecular formula is C18H17FN2O2. The van der Waals surface area contributed by atoms with Crippen LogP contribution in [0.2, 0.25) is 0 Å². The lowest BCUT2D eigenvalue weighted by Gasteiger charge is -2.17. The fraction of sp³-hybridized carbons (Fsp3) is 0.222. The first-order valence-electron chi connectivity index (χ1n) is 7.46. The fourth-order valence-electron chi connectivity index (χ4n) is 2.75. The highest BCUT2D eigenvalue weighted by atomic mass is 19.1. The van der Waals surface area contributed by atoms with Crippen LogP contribution in [0.25, 0.3) is 0 Å². The number of hydrogen-bond donors (Lipinski definition) is 1. The summed E-state index contributed by atoms with van der Waals surface area (Å²) in [6.45, 7) is 2.27. The van der Waals surface area contributed by atoms with Crippen LogP contribution in [0.1, 0.15) is 22.3 Å². The summed E-state index contributed by atoms with van der Waals surface area (Å²) in [7, 11) is 0. The molecular weight excluding hydrogens is 295 g/mol. The van der Waals surface area contributed by atoms with E-state index in [1.54, 1.807) is 24.3 Å². The lowest BCUT2D eigenvalue weighted by Crippen LogP contribution is -2.37. The van der Waals surface area contributed by atoms with Crippen LogP contribution in [0.15, 0.2) is 48.5 Å². The van der Waals surface area contributed by atoms with Crippen molar-refractivity contribution >= 4 is 17.5 Å². The second kappa shape index (κ2) is 6.20. The van der Waals surface area contributed by atoms with E-state index in [1.807, 2.05) is 19.1 Å². The zero-order valence-corrected chi connectivity index (χ0v) is 12.8. The van der Waals surface area contributed by atoms with Crippen LogP contribution in [-0.4, -0.2) is 24.4 Å². The van der Waals surface area contributed by atoms with E-state index in [0.29, 0.717) is 17.8 Å². The molecule has 1 aliphatic rings. The molecule has 118 valence electrons. The van der Waals surface area contributed by atoms with E-state index in [4.69, 9.17) is 0 Å². The maximum atomic E-state index is 13.3. The second-order valence-corrected chi connectivity index (χ2v) is 5.73. The van der Waals surface area contributed by atoms with Crippen molar-refractivity contribution in [3.63, 3.8) is 0 Å². The minimum atomic E-state index is -0.387. The predicted octanol–water partition coefficient (Wildman–Crippen LogP) is 2.67. The van der Waals surface area contributed by atoms with Crippen molar-refractivity contribution in [1.82, 2.24) is 5.32 Å². The smallest absolute Gasteiger partial charge is 0.251 e. The molecule has 0 radical (unpaired) electrons. The van der Waals surface area contributed by atoms with Crippen LogP contribution < -0.4 is 10.2 Å². The Balaban J connectivity index is 1.69. The van der Waals surface area contributed by atoms with Crippen LogP contribution in [0.5, 0.6) is 0 Å². The number of rotatable bonds is 3. The molecule has 0 aliphatic carbocycles. The van der Waals surface area contributed by atoms with Gasteiger partial charge in [-0.1, -0.05) is 23.8 Å². The van der Waals surface area contributed by atoms with Crippen molar-refractivity contribution in [3.05, 3.63) is 65.5 Å². The molecule has 5 heteroatoms. The molecule has 1 aliphatic heterocycles. The van der Waals surface area contributed by atoms with E-state index in [1.165, 1.54) is 17.0 Å². The molecule has 0 saturated carbocycles. The molecule has 4 nitrogen and oxygen atoms in total. The number of anilines is 1. The third-order valence-electron chi connectivity index (χ3n) is 3.86. The number of benzene rings is 2. The Kier molecular flexibility index (Phi) is 4.10. The largest absolute Gasteiger partial charge is 0.347 e. The van der Waals surface area contributed by atoms with Gasteiger partial charge in [0.25, 0.3) is 5.91 Å². The summed E-state index contributed by atoms with van der Waals surface area (Å²) < 4.78 is 13.3. The zero-order chi connectivity index (χ0) is 16.4. The topological polar surface area (TPSA) is 49.4 Å². The summed E-state index contributed by atoms with van der Waals surface area (Å²) >= 11 is 0. The summed E-state index contributed by atoms with van der Waals surface area (Å²) in [4.78, 5) is 25.9. The van der Waals surface area contributed by atoms with Gasteiger partial charge in [0, 0.05) is 24.2 Å². The lowest BCUT2D eigenvalue weighted by atomic mass is 10.1. The molecule has 1 atom stereocenters. The number of nitrogens with zero attached hydrogens (tertiary/aromatic N) is 1. The minimum Gasteiger partial charge on any atom is -0.347 e. The number of carbonyl (C=O) groups is 2. The SMILES string of the molecule is Cc1cccc(C(=O)N[C@@H]2CC(=O)N(c3cccc(F)c3)C2)c1. The Morgan fingerprint density at radius 2 is 2.00 bits per heavy atom. The van der Waals surface area contributed by atoms with Gasteiger partial charge >= 0.3 is 0 Å². The maximum absolute atomic E-state index is 13.3. The zero-order valence-electron chi connectivity index (χ0n) is 12.8.